The zero-order valence-corrected chi connectivity index (χ0v) is 9.25. The van der Waals surface area contributed by atoms with Crippen LogP contribution in [0.1, 0.15) is 26.2 Å². The molecule has 1 saturated carbocycles. The SMILES string of the molecule is CC1(NCC2CSCCN2)CCC1. The standard InChI is InChI=1S/C10H20N2S/c1-10(3-2-4-10)12-7-9-8-13-6-5-11-9/h9,11-12H,2-8H2,1H3. The second kappa shape index (κ2) is 4.20. The molecule has 2 fully saturated rings. The highest BCUT2D eigenvalue weighted by atomic mass is 32.2. The lowest BCUT2D eigenvalue weighted by Crippen LogP contribution is -2.54. The van der Waals surface area contributed by atoms with Crippen LogP contribution < -0.4 is 10.6 Å². The molecule has 76 valence electrons. The van der Waals surface area contributed by atoms with E-state index in [0.29, 0.717) is 11.6 Å². The van der Waals surface area contributed by atoms with E-state index in [1.165, 1.54) is 37.3 Å². The van der Waals surface area contributed by atoms with Gasteiger partial charge in [-0.05, 0) is 26.2 Å². The minimum Gasteiger partial charge on any atom is -0.311 e. The third-order valence-electron chi connectivity index (χ3n) is 3.23. The van der Waals surface area contributed by atoms with Gasteiger partial charge in [0.2, 0.25) is 0 Å². The Bertz CT molecular complexity index is 162. The van der Waals surface area contributed by atoms with E-state index in [4.69, 9.17) is 0 Å². The van der Waals surface area contributed by atoms with Gasteiger partial charge in [0.15, 0.2) is 0 Å². The Labute approximate surface area is 85.2 Å². The van der Waals surface area contributed by atoms with Crippen molar-refractivity contribution in [1.82, 2.24) is 10.6 Å². The molecule has 2 aliphatic rings. The second-order valence-corrected chi connectivity index (χ2v) is 5.67. The maximum Gasteiger partial charge on any atom is 0.0283 e. The molecule has 3 heteroatoms. The molecule has 0 aromatic rings. The molecule has 1 aliphatic heterocycles. The Balaban J connectivity index is 1.66. The Kier molecular flexibility index (Phi) is 3.17. The first kappa shape index (κ1) is 9.81. The predicted molar refractivity (Wildman–Crippen MR) is 59.4 cm³/mol. The van der Waals surface area contributed by atoms with Gasteiger partial charge in [-0.25, -0.2) is 0 Å². The van der Waals surface area contributed by atoms with E-state index in [1.54, 1.807) is 0 Å². The molecular weight excluding hydrogens is 180 g/mol. The molecule has 1 atom stereocenters. The van der Waals surface area contributed by atoms with Crippen LogP contribution in [0.25, 0.3) is 0 Å². The molecule has 0 aromatic heterocycles. The summed E-state index contributed by atoms with van der Waals surface area (Å²) < 4.78 is 0. The summed E-state index contributed by atoms with van der Waals surface area (Å²) in [6.07, 6.45) is 4.15. The number of thioether (sulfide) groups is 1. The van der Waals surface area contributed by atoms with Gasteiger partial charge in [0, 0.05) is 36.2 Å². The molecule has 0 aromatic carbocycles. The van der Waals surface area contributed by atoms with Crippen molar-refractivity contribution < 1.29 is 0 Å². The number of nitrogens with one attached hydrogen (secondary N) is 2. The van der Waals surface area contributed by atoms with Crippen molar-refractivity contribution >= 4 is 11.8 Å². The van der Waals surface area contributed by atoms with Gasteiger partial charge >= 0.3 is 0 Å². The van der Waals surface area contributed by atoms with Crippen molar-refractivity contribution in [1.29, 1.82) is 0 Å². The normalized spacial score (nSPS) is 32.5. The molecule has 0 amide bonds. The van der Waals surface area contributed by atoms with Gasteiger partial charge in [-0.15, -0.1) is 0 Å². The molecule has 2 N–H and O–H groups in total. The van der Waals surface area contributed by atoms with Crippen LogP contribution in [-0.4, -0.2) is 36.2 Å². The van der Waals surface area contributed by atoms with E-state index in [9.17, 15) is 0 Å². The van der Waals surface area contributed by atoms with Crippen LogP contribution in [0.4, 0.5) is 0 Å². The highest BCUT2D eigenvalue weighted by Gasteiger charge is 2.31. The molecular formula is C10H20N2S. The monoisotopic (exact) mass is 200 g/mol. The fraction of sp³-hybridized carbons (Fsp3) is 1.00. The van der Waals surface area contributed by atoms with Gasteiger partial charge in [-0.2, -0.15) is 11.8 Å². The van der Waals surface area contributed by atoms with E-state index in [1.807, 2.05) is 0 Å². The lowest BCUT2D eigenvalue weighted by molar-refractivity contribution is 0.203. The maximum atomic E-state index is 3.69. The third kappa shape index (κ3) is 2.61. The van der Waals surface area contributed by atoms with Crippen LogP contribution in [0.15, 0.2) is 0 Å². The quantitative estimate of drug-likeness (QED) is 0.716. The van der Waals surface area contributed by atoms with Crippen molar-refractivity contribution in [2.75, 3.05) is 24.6 Å². The van der Waals surface area contributed by atoms with Crippen LogP contribution in [0.5, 0.6) is 0 Å². The molecule has 1 aliphatic carbocycles. The van der Waals surface area contributed by atoms with Crippen molar-refractivity contribution in [3.63, 3.8) is 0 Å². The zero-order chi connectivity index (χ0) is 9.15. The van der Waals surface area contributed by atoms with Crippen LogP contribution >= 0.6 is 11.8 Å². The van der Waals surface area contributed by atoms with Crippen molar-refractivity contribution in [2.45, 2.75) is 37.8 Å². The zero-order valence-electron chi connectivity index (χ0n) is 8.44. The molecule has 0 radical (unpaired) electrons. The summed E-state index contributed by atoms with van der Waals surface area (Å²) in [7, 11) is 0. The van der Waals surface area contributed by atoms with E-state index in [-0.39, 0.29) is 0 Å². The average molecular weight is 200 g/mol. The summed E-state index contributed by atoms with van der Waals surface area (Å²) in [4.78, 5) is 0. The van der Waals surface area contributed by atoms with Gasteiger partial charge < -0.3 is 10.6 Å². The van der Waals surface area contributed by atoms with Crippen LogP contribution in [0.3, 0.4) is 0 Å². The fourth-order valence-electron chi connectivity index (χ4n) is 2.00. The summed E-state index contributed by atoms with van der Waals surface area (Å²) >= 11 is 2.08. The summed E-state index contributed by atoms with van der Waals surface area (Å²) in [6.45, 7) is 4.70. The van der Waals surface area contributed by atoms with E-state index < -0.39 is 0 Å². The van der Waals surface area contributed by atoms with Crippen molar-refractivity contribution in [2.24, 2.45) is 0 Å². The fourth-order valence-corrected chi connectivity index (χ4v) is 2.95. The predicted octanol–water partition coefficient (Wildman–Crippen LogP) is 1.22. The highest BCUT2D eigenvalue weighted by Crippen LogP contribution is 2.30. The summed E-state index contributed by atoms with van der Waals surface area (Å²) in [6, 6.07) is 0.705. The highest BCUT2D eigenvalue weighted by molar-refractivity contribution is 7.99. The average Bonchev–Trinajstić information content (AvgIpc) is 2.13. The number of rotatable bonds is 3. The number of hydrogen-bond donors (Lipinski definition) is 2. The van der Waals surface area contributed by atoms with E-state index in [2.05, 4.69) is 29.3 Å². The Morgan fingerprint density at radius 2 is 2.38 bits per heavy atom. The van der Waals surface area contributed by atoms with E-state index >= 15 is 0 Å². The Morgan fingerprint density at radius 1 is 1.54 bits per heavy atom. The van der Waals surface area contributed by atoms with Crippen LogP contribution in [0, 0.1) is 0 Å². The maximum absolute atomic E-state index is 3.69. The number of hydrogen-bond acceptors (Lipinski definition) is 3. The molecule has 1 heterocycles. The molecule has 2 nitrogen and oxygen atoms in total. The minimum absolute atomic E-state index is 0.476. The summed E-state index contributed by atoms with van der Waals surface area (Å²) in [5, 5.41) is 7.25. The molecule has 0 spiro atoms. The minimum atomic E-state index is 0.476. The molecule has 13 heavy (non-hydrogen) atoms. The second-order valence-electron chi connectivity index (χ2n) is 4.52. The third-order valence-corrected chi connectivity index (χ3v) is 4.36. The van der Waals surface area contributed by atoms with Gasteiger partial charge in [-0.1, -0.05) is 0 Å². The van der Waals surface area contributed by atoms with Gasteiger partial charge in [0.1, 0.15) is 0 Å². The van der Waals surface area contributed by atoms with Crippen molar-refractivity contribution in [3.05, 3.63) is 0 Å². The Hall–Kier alpha value is 0.270. The Morgan fingerprint density at radius 3 is 2.92 bits per heavy atom. The smallest absolute Gasteiger partial charge is 0.0283 e. The molecule has 1 unspecified atom stereocenters. The lowest BCUT2D eigenvalue weighted by Gasteiger charge is -2.41. The first-order chi connectivity index (χ1) is 6.29. The molecule has 2 rings (SSSR count). The summed E-state index contributed by atoms with van der Waals surface area (Å²) in [5.74, 6) is 2.57. The van der Waals surface area contributed by atoms with Crippen molar-refractivity contribution in [3.8, 4) is 0 Å². The van der Waals surface area contributed by atoms with Gasteiger partial charge in [-0.3, -0.25) is 0 Å². The molecule has 1 saturated heterocycles. The molecule has 0 bridgehead atoms. The van der Waals surface area contributed by atoms with Crippen LogP contribution in [0.2, 0.25) is 0 Å². The van der Waals surface area contributed by atoms with Crippen LogP contribution in [-0.2, 0) is 0 Å². The first-order valence-electron chi connectivity index (χ1n) is 5.35. The largest absolute Gasteiger partial charge is 0.311 e. The van der Waals surface area contributed by atoms with Gasteiger partial charge in [0.05, 0.1) is 0 Å². The summed E-state index contributed by atoms with van der Waals surface area (Å²) in [5.41, 5.74) is 0.476. The lowest BCUT2D eigenvalue weighted by atomic mass is 9.78. The van der Waals surface area contributed by atoms with Gasteiger partial charge in [0.25, 0.3) is 0 Å². The van der Waals surface area contributed by atoms with E-state index in [0.717, 1.165) is 6.54 Å². The topological polar surface area (TPSA) is 24.1 Å². The first-order valence-corrected chi connectivity index (χ1v) is 6.50.